The zero-order valence-corrected chi connectivity index (χ0v) is 13.2. The third kappa shape index (κ3) is 3.38. The SMILES string of the molecule is CC(C)c1ccccc1OCC(=O)NC1CC(O)C1(C)C. The normalized spacial score (nSPS) is 23.5. The summed E-state index contributed by atoms with van der Waals surface area (Å²) in [6, 6.07) is 7.80. The number of carbonyl (C=O) groups excluding carboxylic acids is 1. The molecule has 2 rings (SSSR count). The highest BCUT2D eigenvalue weighted by atomic mass is 16.5. The van der Waals surface area contributed by atoms with Gasteiger partial charge >= 0.3 is 0 Å². The smallest absolute Gasteiger partial charge is 0.258 e. The van der Waals surface area contributed by atoms with Gasteiger partial charge in [-0.3, -0.25) is 4.79 Å². The Bertz CT molecular complexity index is 511. The number of benzene rings is 1. The van der Waals surface area contributed by atoms with Crippen molar-refractivity contribution >= 4 is 5.91 Å². The molecule has 2 N–H and O–H groups in total. The number of para-hydroxylation sites is 1. The zero-order valence-electron chi connectivity index (χ0n) is 13.2. The molecule has 0 spiro atoms. The van der Waals surface area contributed by atoms with E-state index in [1.807, 2.05) is 38.1 Å². The van der Waals surface area contributed by atoms with E-state index in [0.717, 1.165) is 11.3 Å². The summed E-state index contributed by atoms with van der Waals surface area (Å²) < 4.78 is 5.65. The molecule has 1 aromatic rings. The molecule has 21 heavy (non-hydrogen) atoms. The van der Waals surface area contributed by atoms with Gasteiger partial charge in [0.2, 0.25) is 0 Å². The molecule has 0 aromatic heterocycles. The summed E-state index contributed by atoms with van der Waals surface area (Å²) in [6.07, 6.45) is 0.270. The Morgan fingerprint density at radius 1 is 1.43 bits per heavy atom. The first kappa shape index (κ1) is 15.8. The van der Waals surface area contributed by atoms with Gasteiger partial charge in [0.05, 0.1) is 6.10 Å². The van der Waals surface area contributed by atoms with Crippen LogP contribution in [-0.2, 0) is 4.79 Å². The van der Waals surface area contributed by atoms with Crippen molar-refractivity contribution in [2.45, 2.75) is 52.2 Å². The molecule has 0 bridgehead atoms. The van der Waals surface area contributed by atoms with Gasteiger partial charge in [-0.25, -0.2) is 0 Å². The monoisotopic (exact) mass is 291 g/mol. The Hall–Kier alpha value is -1.55. The van der Waals surface area contributed by atoms with Crippen LogP contribution >= 0.6 is 0 Å². The fourth-order valence-electron chi connectivity index (χ4n) is 2.62. The molecule has 0 saturated heterocycles. The van der Waals surface area contributed by atoms with E-state index in [9.17, 15) is 9.90 Å². The van der Waals surface area contributed by atoms with Crippen molar-refractivity contribution in [3.63, 3.8) is 0 Å². The van der Waals surface area contributed by atoms with Gasteiger partial charge in [-0.15, -0.1) is 0 Å². The number of ether oxygens (including phenoxy) is 1. The van der Waals surface area contributed by atoms with Gasteiger partial charge in [-0.2, -0.15) is 0 Å². The lowest BCUT2D eigenvalue weighted by Gasteiger charge is -2.49. The lowest BCUT2D eigenvalue weighted by atomic mass is 9.64. The molecule has 1 fully saturated rings. The molecule has 1 amide bonds. The fraction of sp³-hybridized carbons (Fsp3) is 0.588. The van der Waals surface area contributed by atoms with E-state index in [2.05, 4.69) is 19.2 Å². The molecule has 1 saturated carbocycles. The second kappa shape index (κ2) is 6.06. The minimum atomic E-state index is -0.342. The van der Waals surface area contributed by atoms with E-state index in [1.165, 1.54) is 0 Å². The van der Waals surface area contributed by atoms with Gasteiger partial charge < -0.3 is 15.2 Å². The van der Waals surface area contributed by atoms with Crippen LogP contribution in [0.2, 0.25) is 0 Å². The Kier molecular flexibility index (Phi) is 4.57. The number of hydrogen-bond acceptors (Lipinski definition) is 3. The van der Waals surface area contributed by atoms with Crippen LogP contribution in [0, 0.1) is 5.41 Å². The highest BCUT2D eigenvalue weighted by Gasteiger charge is 2.47. The Morgan fingerprint density at radius 3 is 2.67 bits per heavy atom. The molecule has 0 heterocycles. The molecule has 4 nitrogen and oxygen atoms in total. The van der Waals surface area contributed by atoms with E-state index in [4.69, 9.17) is 4.74 Å². The number of hydrogen-bond donors (Lipinski definition) is 2. The molecular weight excluding hydrogens is 266 g/mol. The number of rotatable bonds is 5. The molecular formula is C17H25NO3. The van der Waals surface area contributed by atoms with Gasteiger partial charge in [-0.05, 0) is 24.0 Å². The Morgan fingerprint density at radius 2 is 2.10 bits per heavy atom. The number of aliphatic hydroxyl groups excluding tert-OH is 1. The van der Waals surface area contributed by atoms with Crippen LogP contribution in [0.15, 0.2) is 24.3 Å². The molecule has 0 radical (unpaired) electrons. The maximum absolute atomic E-state index is 12.0. The van der Waals surface area contributed by atoms with Crippen molar-refractivity contribution in [3.8, 4) is 5.75 Å². The first-order valence-corrected chi connectivity index (χ1v) is 7.51. The number of nitrogens with one attached hydrogen (secondary N) is 1. The number of aliphatic hydroxyl groups is 1. The molecule has 4 heteroatoms. The third-order valence-electron chi connectivity index (χ3n) is 4.45. The summed E-state index contributed by atoms with van der Waals surface area (Å²) in [5.41, 5.74) is 0.843. The van der Waals surface area contributed by atoms with Crippen LogP contribution < -0.4 is 10.1 Å². The van der Waals surface area contributed by atoms with Crippen molar-refractivity contribution in [3.05, 3.63) is 29.8 Å². The largest absolute Gasteiger partial charge is 0.483 e. The second-order valence-corrected chi connectivity index (χ2v) is 6.67. The van der Waals surface area contributed by atoms with Crippen LogP contribution in [-0.4, -0.2) is 29.8 Å². The van der Waals surface area contributed by atoms with Crippen LogP contribution in [0.3, 0.4) is 0 Å². The fourth-order valence-corrected chi connectivity index (χ4v) is 2.62. The standard InChI is InChI=1S/C17H25NO3/c1-11(2)12-7-5-6-8-13(12)21-10-16(20)18-14-9-15(19)17(14,3)4/h5-8,11,14-15,19H,9-10H2,1-4H3,(H,18,20). The van der Waals surface area contributed by atoms with E-state index in [0.29, 0.717) is 12.3 Å². The third-order valence-corrected chi connectivity index (χ3v) is 4.45. The maximum atomic E-state index is 12.0. The summed E-state index contributed by atoms with van der Waals surface area (Å²) in [6.45, 7) is 8.12. The molecule has 1 aromatic carbocycles. The van der Waals surface area contributed by atoms with Crippen molar-refractivity contribution in [2.75, 3.05) is 6.61 Å². The summed E-state index contributed by atoms with van der Waals surface area (Å²) in [7, 11) is 0. The van der Waals surface area contributed by atoms with E-state index in [1.54, 1.807) is 0 Å². The first-order valence-electron chi connectivity index (χ1n) is 7.51. The zero-order chi connectivity index (χ0) is 15.6. The number of amides is 1. The molecule has 2 unspecified atom stereocenters. The van der Waals surface area contributed by atoms with Gasteiger partial charge in [0, 0.05) is 11.5 Å². The quantitative estimate of drug-likeness (QED) is 0.876. The minimum absolute atomic E-state index is 0.00636. The van der Waals surface area contributed by atoms with Crippen molar-refractivity contribution in [1.82, 2.24) is 5.32 Å². The van der Waals surface area contributed by atoms with Gasteiger partial charge in [0.25, 0.3) is 5.91 Å². The van der Waals surface area contributed by atoms with E-state index < -0.39 is 0 Å². The molecule has 2 atom stereocenters. The lowest BCUT2D eigenvalue weighted by molar-refractivity contribution is -0.131. The van der Waals surface area contributed by atoms with Crippen LogP contribution in [0.4, 0.5) is 0 Å². The summed E-state index contributed by atoms with van der Waals surface area (Å²) in [4.78, 5) is 12.0. The molecule has 1 aliphatic rings. The molecule has 116 valence electrons. The predicted molar refractivity (Wildman–Crippen MR) is 82.4 cm³/mol. The summed E-state index contributed by atoms with van der Waals surface area (Å²) in [5.74, 6) is 0.971. The Labute approximate surface area is 126 Å². The summed E-state index contributed by atoms with van der Waals surface area (Å²) >= 11 is 0. The minimum Gasteiger partial charge on any atom is -0.483 e. The first-order chi connectivity index (χ1) is 9.82. The van der Waals surface area contributed by atoms with E-state index >= 15 is 0 Å². The van der Waals surface area contributed by atoms with Crippen molar-refractivity contribution in [1.29, 1.82) is 0 Å². The van der Waals surface area contributed by atoms with Crippen LogP contribution in [0.5, 0.6) is 5.75 Å². The maximum Gasteiger partial charge on any atom is 0.258 e. The second-order valence-electron chi connectivity index (χ2n) is 6.67. The van der Waals surface area contributed by atoms with E-state index in [-0.39, 0.29) is 30.1 Å². The van der Waals surface area contributed by atoms with Gasteiger partial charge in [-0.1, -0.05) is 45.9 Å². The van der Waals surface area contributed by atoms with Crippen molar-refractivity contribution in [2.24, 2.45) is 5.41 Å². The molecule has 1 aliphatic carbocycles. The highest BCUT2D eigenvalue weighted by molar-refractivity contribution is 5.78. The van der Waals surface area contributed by atoms with Gasteiger partial charge in [0.1, 0.15) is 5.75 Å². The van der Waals surface area contributed by atoms with Gasteiger partial charge in [0.15, 0.2) is 6.61 Å². The number of carbonyl (C=O) groups is 1. The average molecular weight is 291 g/mol. The summed E-state index contributed by atoms with van der Waals surface area (Å²) in [5, 5.41) is 12.6. The highest BCUT2D eigenvalue weighted by Crippen LogP contribution is 2.40. The average Bonchev–Trinajstić information content (AvgIpc) is 2.45. The molecule has 0 aliphatic heterocycles. The van der Waals surface area contributed by atoms with Crippen LogP contribution in [0.1, 0.15) is 45.6 Å². The predicted octanol–water partition coefficient (Wildman–Crippen LogP) is 2.46. The van der Waals surface area contributed by atoms with Crippen molar-refractivity contribution < 1.29 is 14.6 Å². The topological polar surface area (TPSA) is 58.6 Å². The lowest BCUT2D eigenvalue weighted by Crippen LogP contribution is -2.61. The Balaban J connectivity index is 1.88. The van der Waals surface area contributed by atoms with Crippen LogP contribution in [0.25, 0.3) is 0 Å².